The smallest absolute Gasteiger partial charge is 0.0938 e. The van der Waals surface area contributed by atoms with Crippen molar-refractivity contribution < 1.29 is 0 Å². The third kappa shape index (κ3) is 7.83. The number of benzene rings is 6. The molecule has 4 nitrogen and oxygen atoms in total. The lowest BCUT2D eigenvalue weighted by Crippen LogP contribution is -2.39. The number of nitrogens with one attached hydrogen (secondary N) is 2. The van der Waals surface area contributed by atoms with Crippen molar-refractivity contribution >= 4 is 22.0 Å². The van der Waals surface area contributed by atoms with E-state index in [1.807, 2.05) is 42.5 Å². The summed E-state index contributed by atoms with van der Waals surface area (Å²) in [5.74, 6) is 0. The molecule has 0 spiro atoms. The molecular formula is C41H38N4. The van der Waals surface area contributed by atoms with Crippen molar-refractivity contribution in [2.24, 2.45) is 11.5 Å². The van der Waals surface area contributed by atoms with Gasteiger partial charge in [-0.15, -0.1) is 0 Å². The lowest BCUT2D eigenvalue weighted by molar-refractivity contribution is 0.446. The Balaban J connectivity index is 1.14. The van der Waals surface area contributed by atoms with Crippen LogP contribution in [0.25, 0.3) is 33.2 Å². The Hall–Kier alpha value is -5.26. The van der Waals surface area contributed by atoms with E-state index in [4.69, 9.17) is 11.5 Å². The number of rotatable bonds is 11. The van der Waals surface area contributed by atoms with Gasteiger partial charge in [-0.25, -0.2) is 5.43 Å². The second-order valence-electron chi connectivity index (χ2n) is 11.2. The fraction of sp³-hybridized carbons (Fsp3) is 0.0732. The minimum absolute atomic E-state index is 0.270. The summed E-state index contributed by atoms with van der Waals surface area (Å²) in [4.78, 5) is 0. The van der Waals surface area contributed by atoms with E-state index in [1.165, 1.54) is 27.5 Å². The van der Waals surface area contributed by atoms with Gasteiger partial charge >= 0.3 is 0 Å². The molecule has 0 aliphatic rings. The zero-order valence-electron chi connectivity index (χ0n) is 25.2. The fourth-order valence-electron chi connectivity index (χ4n) is 5.43. The van der Waals surface area contributed by atoms with Crippen LogP contribution in [0.3, 0.4) is 0 Å². The summed E-state index contributed by atoms with van der Waals surface area (Å²) in [5, 5.41) is 2.40. The van der Waals surface area contributed by atoms with E-state index in [0.717, 1.165) is 39.9 Å². The number of allylic oxidation sites excluding steroid dienone is 3. The van der Waals surface area contributed by atoms with Crippen LogP contribution in [0.15, 0.2) is 164 Å². The predicted octanol–water partition coefficient (Wildman–Crippen LogP) is 8.38. The molecule has 6 rings (SSSR count). The van der Waals surface area contributed by atoms with Gasteiger partial charge in [-0.05, 0) is 79.9 Å². The third-order valence-corrected chi connectivity index (χ3v) is 7.98. The molecule has 0 radical (unpaired) electrons. The molecule has 1 atom stereocenters. The van der Waals surface area contributed by atoms with Gasteiger partial charge in [0.25, 0.3) is 0 Å². The molecule has 0 amide bonds. The monoisotopic (exact) mass is 586 g/mol. The quantitative estimate of drug-likeness (QED) is 0.0699. The Morgan fingerprint density at radius 2 is 1.22 bits per heavy atom. The molecule has 0 aliphatic carbocycles. The highest BCUT2D eigenvalue weighted by atomic mass is 15.4. The Morgan fingerprint density at radius 3 is 1.96 bits per heavy atom. The van der Waals surface area contributed by atoms with Gasteiger partial charge in [0.05, 0.1) is 6.17 Å². The van der Waals surface area contributed by atoms with Crippen LogP contribution in [0.2, 0.25) is 0 Å². The number of fused-ring (bicyclic) bond motifs is 1. The lowest BCUT2D eigenvalue weighted by atomic mass is 9.97. The normalized spacial score (nSPS) is 12.7. The second-order valence-corrected chi connectivity index (χ2v) is 11.2. The predicted molar refractivity (Wildman–Crippen MR) is 189 cm³/mol. The van der Waals surface area contributed by atoms with Gasteiger partial charge in [-0.3, -0.25) is 5.43 Å². The van der Waals surface area contributed by atoms with E-state index in [0.29, 0.717) is 6.54 Å². The van der Waals surface area contributed by atoms with Crippen molar-refractivity contribution in [1.82, 2.24) is 10.9 Å². The number of hydrogen-bond donors (Lipinski definition) is 4. The van der Waals surface area contributed by atoms with Gasteiger partial charge in [-0.2, -0.15) is 0 Å². The van der Waals surface area contributed by atoms with E-state index < -0.39 is 0 Å². The lowest BCUT2D eigenvalue weighted by Gasteiger charge is -2.15. The van der Waals surface area contributed by atoms with Crippen molar-refractivity contribution in [2.75, 3.05) is 0 Å². The summed E-state index contributed by atoms with van der Waals surface area (Å²) >= 11 is 0. The highest BCUT2D eigenvalue weighted by molar-refractivity contribution is 5.88. The topological polar surface area (TPSA) is 76.1 Å². The van der Waals surface area contributed by atoms with E-state index >= 15 is 0 Å². The van der Waals surface area contributed by atoms with Gasteiger partial charge in [0.1, 0.15) is 0 Å². The number of hydrogen-bond acceptors (Lipinski definition) is 4. The Bertz CT molecular complexity index is 1900. The van der Waals surface area contributed by atoms with Crippen LogP contribution in [-0.2, 0) is 13.0 Å². The molecule has 0 saturated carbocycles. The molecule has 222 valence electrons. The first kappa shape index (κ1) is 29.8. The second kappa shape index (κ2) is 14.5. The Kier molecular flexibility index (Phi) is 9.58. The Morgan fingerprint density at radius 1 is 0.600 bits per heavy atom. The van der Waals surface area contributed by atoms with Gasteiger partial charge in [0.2, 0.25) is 0 Å². The van der Waals surface area contributed by atoms with Crippen molar-refractivity contribution in [3.05, 3.63) is 192 Å². The zero-order valence-corrected chi connectivity index (χ0v) is 25.2. The molecule has 6 aromatic carbocycles. The highest BCUT2D eigenvalue weighted by Crippen LogP contribution is 2.27. The van der Waals surface area contributed by atoms with Crippen LogP contribution >= 0.6 is 0 Å². The van der Waals surface area contributed by atoms with E-state index in [2.05, 4.69) is 132 Å². The first-order valence-corrected chi connectivity index (χ1v) is 15.3. The minimum Gasteiger partial charge on any atom is -0.398 e. The molecule has 0 bridgehead atoms. The van der Waals surface area contributed by atoms with E-state index in [-0.39, 0.29) is 6.17 Å². The highest BCUT2D eigenvalue weighted by Gasteiger charge is 2.07. The van der Waals surface area contributed by atoms with E-state index in [1.54, 1.807) is 0 Å². The van der Waals surface area contributed by atoms with Crippen LogP contribution in [0.4, 0.5) is 0 Å². The van der Waals surface area contributed by atoms with Crippen molar-refractivity contribution in [1.29, 1.82) is 0 Å². The maximum absolute atomic E-state index is 6.66. The number of nitrogens with two attached hydrogens (primary N) is 2. The summed E-state index contributed by atoms with van der Waals surface area (Å²) in [7, 11) is 0. The average Bonchev–Trinajstić information content (AvgIpc) is 3.11. The summed E-state index contributed by atoms with van der Waals surface area (Å²) < 4.78 is 0. The Labute approximate surface area is 265 Å². The van der Waals surface area contributed by atoms with Crippen molar-refractivity contribution in [2.45, 2.75) is 19.1 Å². The molecule has 0 fully saturated rings. The number of hydrazine groups is 1. The molecule has 1 unspecified atom stereocenters. The van der Waals surface area contributed by atoms with Crippen LogP contribution in [0.5, 0.6) is 0 Å². The maximum Gasteiger partial charge on any atom is 0.0938 e. The summed E-state index contributed by atoms with van der Waals surface area (Å²) in [5.41, 5.74) is 29.2. The van der Waals surface area contributed by atoms with Gasteiger partial charge in [0.15, 0.2) is 0 Å². The summed E-state index contributed by atoms with van der Waals surface area (Å²) in [6, 6.07) is 52.5. The first-order chi connectivity index (χ1) is 22.1. The molecule has 0 saturated heterocycles. The molecule has 6 aromatic rings. The van der Waals surface area contributed by atoms with Gasteiger partial charge < -0.3 is 11.5 Å². The van der Waals surface area contributed by atoms with Gasteiger partial charge in [0, 0.05) is 12.2 Å². The van der Waals surface area contributed by atoms with Crippen LogP contribution in [0.1, 0.15) is 34.0 Å². The van der Waals surface area contributed by atoms with Gasteiger partial charge in [-0.1, -0.05) is 146 Å². The van der Waals surface area contributed by atoms with Crippen molar-refractivity contribution in [3.8, 4) is 11.1 Å². The molecule has 45 heavy (non-hydrogen) atoms. The summed E-state index contributed by atoms with van der Waals surface area (Å²) in [6.45, 7) is 0.669. The average molecular weight is 587 g/mol. The fourth-order valence-corrected chi connectivity index (χ4v) is 5.43. The zero-order chi connectivity index (χ0) is 30.8. The molecular weight excluding hydrogens is 548 g/mol. The summed E-state index contributed by atoms with van der Waals surface area (Å²) in [6.07, 6.45) is 4.90. The minimum atomic E-state index is -0.270. The SMILES string of the molecule is N/C(=C\C(=C/Cc1ccccc1)c1ccccc1)c1ccc(-c2ccc3cc(CNNC(N)c4ccccc4)ccc3c2)cc1. The molecule has 0 aliphatic heterocycles. The van der Waals surface area contributed by atoms with Crippen LogP contribution in [0, 0.1) is 0 Å². The first-order valence-electron chi connectivity index (χ1n) is 15.3. The molecule has 6 N–H and O–H groups in total. The largest absolute Gasteiger partial charge is 0.398 e. The molecule has 4 heteroatoms. The van der Waals surface area contributed by atoms with Crippen molar-refractivity contribution in [3.63, 3.8) is 0 Å². The standard InChI is InChI=1S/C41H38N4/c42-40(28-39(32-12-6-2-7-13-32)18-16-30-10-4-1-5-11-30)34-22-20-33(21-23-34)37-25-24-36-26-31(17-19-38(36)27-37)29-44-45-41(43)35-14-8-3-9-15-35/h1-15,17-28,41,44-45H,16,29,42-43H2/b39-18+,40-28-. The maximum atomic E-state index is 6.66. The molecule has 0 heterocycles. The van der Waals surface area contributed by atoms with E-state index in [9.17, 15) is 0 Å². The molecule has 0 aromatic heterocycles. The van der Waals surface area contributed by atoms with Crippen LogP contribution < -0.4 is 22.3 Å². The third-order valence-electron chi connectivity index (χ3n) is 7.98. The van der Waals surface area contributed by atoms with Crippen LogP contribution in [-0.4, -0.2) is 0 Å².